The number of esters is 1. The third-order valence-corrected chi connectivity index (χ3v) is 2.52. The first-order valence-electron chi connectivity index (χ1n) is 6.38. The maximum absolute atomic E-state index is 12.9. The molecule has 0 spiro atoms. The van der Waals surface area contributed by atoms with Crippen LogP contribution in [0.4, 0.5) is 4.39 Å². The van der Waals surface area contributed by atoms with E-state index in [4.69, 9.17) is 9.47 Å². The molecule has 0 N–H and O–H groups in total. The van der Waals surface area contributed by atoms with Crippen LogP contribution in [0.1, 0.15) is 13.8 Å². The number of nitrogens with zero attached hydrogens (tertiary/aromatic N) is 1. The summed E-state index contributed by atoms with van der Waals surface area (Å²) in [6, 6.07) is 5.52. The molecule has 0 saturated heterocycles. The van der Waals surface area contributed by atoms with Crippen LogP contribution in [0, 0.1) is 5.82 Å². The summed E-state index contributed by atoms with van der Waals surface area (Å²) in [6.07, 6.45) is 0. The molecule has 5 nitrogen and oxygen atoms in total. The number of carbonyl (C=O) groups is 2. The summed E-state index contributed by atoms with van der Waals surface area (Å²) < 4.78 is 22.9. The first-order valence-corrected chi connectivity index (χ1v) is 6.38. The van der Waals surface area contributed by atoms with Gasteiger partial charge in [0.2, 0.25) is 0 Å². The van der Waals surface area contributed by atoms with Crippen molar-refractivity contribution < 1.29 is 23.5 Å². The molecule has 0 aromatic heterocycles. The molecule has 0 saturated carbocycles. The lowest BCUT2D eigenvalue weighted by molar-refractivity contribution is -0.149. The van der Waals surface area contributed by atoms with Crippen molar-refractivity contribution in [2.75, 3.05) is 26.3 Å². The lowest BCUT2D eigenvalue weighted by Gasteiger charge is -2.19. The van der Waals surface area contributed by atoms with Crippen LogP contribution in [0.2, 0.25) is 0 Å². The van der Waals surface area contributed by atoms with Gasteiger partial charge in [-0.25, -0.2) is 4.39 Å². The molecule has 1 aromatic carbocycles. The van der Waals surface area contributed by atoms with Crippen LogP contribution in [-0.4, -0.2) is 43.1 Å². The highest BCUT2D eigenvalue weighted by molar-refractivity contribution is 5.83. The molecule has 0 atom stereocenters. The van der Waals surface area contributed by atoms with E-state index < -0.39 is 11.8 Å². The minimum atomic E-state index is -0.464. The second-order valence-electron chi connectivity index (χ2n) is 3.96. The van der Waals surface area contributed by atoms with E-state index >= 15 is 0 Å². The summed E-state index contributed by atoms with van der Waals surface area (Å²) in [5.74, 6) is -0.988. The first-order chi connectivity index (χ1) is 9.56. The molecule has 110 valence electrons. The Bertz CT molecular complexity index is 464. The van der Waals surface area contributed by atoms with E-state index in [1.54, 1.807) is 19.9 Å². The molecule has 0 radical (unpaired) electrons. The van der Waals surface area contributed by atoms with Crippen LogP contribution in [-0.2, 0) is 14.3 Å². The highest BCUT2D eigenvalue weighted by atomic mass is 19.1. The van der Waals surface area contributed by atoms with E-state index in [0.717, 1.165) is 0 Å². The zero-order valence-corrected chi connectivity index (χ0v) is 11.6. The number of ether oxygens (including phenoxy) is 2. The predicted molar refractivity (Wildman–Crippen MR) is 70.8 cm³/mol. The predicted octanol–water partition coefficient (Wildman–Crippen LogP) is 1.62. The van der Waals surface area contributed by atoms with Gasteiger partial charge in [-0.3, -0.25) is 9.59 Å². The second kappa shape index (κ2) is 8.14. The number of carbonyl (C=O) groups excluding carboxylic acids is 2. The average Bonchev–Trinajstić information content (AvgIpc) is 2.42. The molecule has 0 fully saturated rings. The number of rotatable bonds is 7. The van der Waals surface area contributed by atoms with Gasteiger partial charge in [-0.15, -0.1) is 0 Å². The van der Waals surface area contributed by atoms with E-state index in [2.05, 4.69) is 0 Å². The molecule has 0 unspecified atom stereocenters. The van der Waals surface area contributed by atoms with Gasteiger partial charge in [0.15, 0.2) is 6.61 Å². The molecular formula is C14H18FNO4. The third kappa shape index (κ3) is 5.26. The van der Waals surface area contributed by atoms with Crippen molar-refractivity contribution in [3.63, 3.8) is 0 Å². The second-order valence-corrected chi connectivity index (χ2v) is 3.96. The van der Waals surface area contributed by atoms with Gasteiger partial charge in [-0.1, -0.05) is 6.07 Å². The van der Waals surface area contributed by atoms with Gasteiger partial charge in [0.25, 0.3) is 5.91 Å². The number of halogens is 1. The Kier molecular flexibility index (Phi) is 6.49. The number of amides is 1. The minimum Gasteiger partial charge on any atom is -0.484 e. The van der Waals surface area contributed by atoms with Crippen molar-refractivity contribution in [1.29, 1.82) is 0 Å². The third-order valence-electron chi connectivity index (χ3n) is 2.52. The molecule has 20 heavy (non-hydrogen) atoms. The number of likely N-dealkylation sites (N-methyl/N-ethyl adjacent to an activating group) is 1. The van der Waals surface area contributed by atoms with Gasteiger partial charge in [0, 0.05) is 12.6 Å². The quantitative estimate of drug-likeness (QED) is 0.713. The molecule has 1 amide bonds. The lowest BCUT2D eigenvalue weighted by atomic mass is 10.3. The summed E-state index contributed by atoms with van der Waals surface area (Å²) >= 11 is 0. The van der Waals surface area contributed by atoms with Gasteiger partial charge < -0.3 is 14.4 Å². The fourth-order valence-corrected chi connectivity index (χ4v) is 1.53. The van der Waals surface area contributed by atoms with Gasteiger partial charge in [-0.05, 0) is 26.0 Å². The molecule has 0 aliphatic carbocycles. The summed E-state index contributed by atoms with van der Waals surface area (Å²) in [6.45, 7) is 3.71. The van der Waals surface area contributed by atoms with E-state index in [9.17, 15) is 14.0 Å². The molecule has 1 rings (SSSR count). The van der Waals surface area contributed by atoms with Crippen molar-refractivity contribution in [2.24, 2.45) is 0 Å². The summed E-state index contributed by atoms with van der Waals surface area (Å²) in [4.78, 5) is 24.5. The Balaban J connectivity index is 2.49. The summed E-state index contributed by atoms with van der Waals surface area (Å²) in [5, 5.41) is 0. The molecule has 0 aliphatic heterocycles. The van der Waals surface area contributed by atoms with Crippen molar-refractivity contribution in [1.82, 2.24) is 4.90 Å². The fraction of sp³-hybridized carbons (Fsp3) is 0.429. The standard InChI is InChI=1S/C14H18FNO4/c1-3-16(9-14(18)19-4-2)13(17)10-20-12-7-5-6-11(15)8-12/h5-8H,3-4,9-10H2,1-2H3. The molecule has 1 aromatic rings. The minimum absolute atomic E-state index is 0.115. The molecule has 0 aliphatic rings. The van der Waals surface area contributed by atoms with Crippen LogP contribution in [0.15, 0.2) is 24.3 Å². The van der Waals surface area contributed by atoms with Gasteiger partial charge in [0.05, 0.1) is 6.61 Å². The zero-order chi connectivity index (χ0) is 15.0. The topological polar surface area (TPSA) is 55.8 Å². The molecule has 0 heterocycles. The highest BCUT2D eigenvalue weighted by Gasteiger charge is 2.16. The molecular weight excluding hydrogens is 265 g/mol. The highest BCUT2D eigenvalue weighted by Crippen LogP contribution is 2.11. The van der Waals surface area contributed by atoms with Gasteiger partial charge >= 0.3 is 5.97 Å². The van der Waals surface area contributed by atoms with Crippen LogP contribution in [0.25, 0.3) is 0 Å². The molecule has 0 bridgehead atoms. The SMILES string of the molecule is CCOC(=O)CN(CC)C(=O)COc1cccc(F)c1. The largest absolute Gasteiger partial charge is 0.484 e. The maximum Gasteiger partial charge on any atom is 0.325 e. The number of benzene rings is 1. The van der Waals surface area contributed by atoms with Crippen LogP contribution in [0.5, 0.6) is 5.75 Å². The van der Waals surface area contributed by atoms with Crippen LogP contribution < -0.4 is 4.74 Å². The van der Waals surface area contributed by atoms with Crippen molar-refractivity contribution in [3.05, 3.63) is 30.1 Å². The monoisotopic (exact) mass is 283 g/mol. The normalized spacial score (nSPS) is 9.95. The maximum atomic E-state index is 12.9. The Morgan fingerprint density at radius 1 is 1.30 bits per heavy atom. The van der Waals surface area contributed by atoms with E-state index in [1.165, 1.54) is 23.1 Å². The number of hydrogen-bond donors (Lipinski definition) is 0. The molecule has 6 heteroatoms. The summed E-state index contributed by atoms with van der Waals surface area (Å²) in [7, 11) is 0. The van der Waals surface area contributed by atoms with Crippen molar-refractivity contribution in [3.8, 4) is 5.75 Å². The Morgan fingerprint density at radius 2 is 2.05 bits per heavy atom. The van der Waals surface area contributed by atoms with Gasteiger partial charge in [0.1, 0.15) is 18.1 Å². The smallest absolute Gasteiger partial charge is 0.325 e. The van der Waals surface area contributed by atoms with E-state index in [1.807, 2.05) is 0 Å². The van der Waals surface area contributed by atoms with Crippen LogP contribution >= 0.6 is 0 Å². The van der Waals surface area contributed by atoms with E-state index in [0.29, 0.717) is 6.54 Å². The van der Waals surface area contributed by atoms with Gasteiger partial charge in [-0.2, -0.15) is 0 Å². The number of hydrogen-bond acceptors (Lipinski definition) is 4. The van der Waals surface area contributed by atoms with Crippen molar-refractivity contribution in [2.45, 2.75) is 13.8 Å². The van der Waals surface area contributed by atoms with Crippen molar-refractivity contribution >= 4 is 11.9 Å². The Morgan fingerprint density at radius 3 is 2.65 bits per heavy atom. The Labute approximate surface area is 117 Å². The Hall–Kier alpha value is -2.11. The lowest BCUT2D eigenvalue weighted by Crippen LogP contribution is -2.39. The van der Waals surface area contributed by atoms with Crippen LogP contribution in [0.3, 0.4) is 0 Å². The summed E-state index contributed by atoms with van der Waals surface area (Å²) in [5.41, 5.74) is 0. The van der Waals surface area contributed by atoms with E-state index in [-0.39, 0.29) is 31.4 Å². The zero-order valence-electron chi connectivity index (χ0n) is 11.6. The fourth-order valence-electron chi connectivity index (χ4n) is 1.53. The average molecular weight is 283 g/mol. The first kappa shape index (κ1) is 15.9.